The SMILES string of the molecule is C[C@]12C[C@H](F)[C@@H]3c4ccc(O)cc4C[C@@H](CCCCC[N+](C)([O-])CCCCCCCCC(F)(F)C(F)(F)F)[C@H]3[C@@H]1CC[C@@H]2O. The second-order valence-corrected chi connectivity index (χ2v) is 14.5. The number of fused-ring (bicyclic) bond motifs is 5. The van der Waals surface area contributed by atoms with Crippen molar-refractivity contribution in [1.82, 2.24) is 0 Å². The smallest absolute Gasteiger partial charge is 0.453 e. The molecule has 0 amide bonds. The molecule has 4 rings (SSSR count). The molecular formula is C34H51F6NO3. The topological polar surface area (TPSA) is 63.5 Å². The summed E-state index contributed by atoms with van der Waals surface area (Å²) in [6, 6.07) is 5.34. The van der Waals surface area contributed by atoms with Gasteiger partial charge in [0.25, 0.3) is 0 Å². The van der Waals surface area contributed by atoms with Gasteiger partial charge >= 0.3 is 12.1 Å². The predicted molar refractivity (Wildman–Crippen MR) is 159 cm³/mol. The van der Waals surface area contributed by atoms with Gasteiger partial charge in [-0.05, 0) is 111 Å². The summed E-state index contributed by atoms with van der Waals surface area (Å²) in [4.78, 5) is 0. The second kappa shape index (κ2) is 14.1. The van der Waals surface area contributed by atoms with Crippen molar-refractivity contribution in [2.45, 2.75) is 134 Å². The quantitative estimate of drug-likeness (QED) is 0.0874. The molecule has 1 aromatic carbocycles. The number of benzene rings is 1. The second-order valence-electron chi connectivity index (χ2n) is 14.5. The Bertz CT molecular complexity index is 1080. The number of hydrogen-bond donors (Lipinski definition) is 2. The lowest BCUT2D eigenvalue weighted by molar-refractivity contribution is -0.861. The molecule has 0 aliphatic heterocycles. The summed E-state index contributed by atoms with van der Waals surface area (Å²) in [6.45, 7) is 2.99. The number of aliphatic hydroxyl groups is 1. The largest absolute Gasteiger partial charge is 0.633 e. The fourth-order valence-electron chi connectivity index (χ4n) is 8.82. The fraction of sp³-hybridized carbons (Fsp3) is 0.824. The summed E-state index contributed by atoms with van der Waals surface area (Å²) in [5.41, 5.74) is 1.64. The highest BCUT2D eigenvalue weighted by atomic mass is 19.4. The van der Waals surface area contributed by atoms with Crippen molar-refractivity contribution in [2.75, 3.05) is 20.1 Å². The highest BCUT2D eigenvalue weighted by Crippen LogP contribution is 2.63. The first-order valence-electron chi connectivity index (χ1n) is 16.7. The number of quaternary nitrogens is 1. The number of phenolic OH excluding ortho intramolecular Hbond substituents is 1. The number of aliphatic hydroxyl groups excluding tert-OH is 1. The van der Waals surface area contributed by atoms with Crippen LogP contribution in [0, 0.1) is 28.4 Å². The van der Waals surface area contributed by atoms with Crippen molar-refractivity contribution in [1.29, 1.82) is 0 Å². The van der Waals surface area contributed by atoms with Gasteiger partial charge in [0.15, 0.2) is 0 Å². The van der Waals surface area contributed by atoms with Crippen LogP contribution in [-0.4, -0.2) is 59.4 Å². The van der Waals surface area contributed by atoms with Gasteiger partial charge in [-0.25, -0.2) is 4.39 Å². The molecule has 4 nitrogen and oxygen atoms in total. The van der Waals surface area contributed by atoms with E-state index < -0.39 is 36.2 Å². The Morgan fingerprint density at radius 3 is 2.20 bits per heavy atom. The van der Waals surface area contributed by atoms with Crippen molar-refractivity contribution in [2.24, 2.45) is 23.2 Å². The van der Waals surface area contributed by atoms with Gasteiger partial charge in [0.1, 0.15) is 11.9 Å². The third kappa shape index (κ3) is 8.06. The van der Waals surface area contributed by atoms with Gasteiger partial charge in [-0.3, -0.25) is 0 Å². The average molecular weight is 636 g/mol. The predicted octanol–water partition coefficient (Wildman–Crippen LogP) is 9.22. The first-order valence-corrected chi connectivity index (χ1v) is 16.7. The van der Waals surface area contributed by atoms with Crippen molar-refractivity contribution in [3.05, 3.63) is 34.5 Å². The molecule has 44 heavy (non-hydrogen) atoms. The lowest BCUT2D eigenvalue weighted by Crippen LogP contribution is -2.51. The van der Waals surface area contributed by atoms with E-state index in [1.54, 1.807) is 19.2 Å². The van der Waals surface area contributed by atoms with E-state index in [1.165, 1.54) is 0 Å². The van der Waals surface area contributed by atoms with E-state index in [2.05, 4.69) is 6.92 Å². The highest BCUT2D eigenvalue weighted by molar-refractivity contribution is 5.41. The molecule has 0 heterocycles. The number of alkyl halides is 6. The summed E-state index contributed by atoms with van der Waals surface area (Å²) < 4.78 is 78.2. The van der Waals surface area contributed by atoms with Gasteiger partial charge in [0.05, 0.1) is 26.2 Å². The number of unbranched alkanes of at least 4 members (excludes halogenated alkanes) is 7. The molecule has 0 bridgehead atoms. The molecule has 0 saturated heterocycles. The number of phenols is 1. The third-order valence-electron chi connectivity index (χ3n) is 11.3. The number of hydroxylamine groups is 3. The van der Waals surface area contributed by atoms with Gasteiger partial charge in [0, 0.05) is 12.3 Å². The first kappa shape index (κ1) is 35.3. The maximum atomic E-state index is 15.9. The standard InChI is InChI=1S/C34H51F6NO3/c1-32-22-28(35)31-26-14-13-25(42)21-24(26)20-23(30(31)27(32)15-16-29(32)43)12-8-7-11-19-41(2,44)18-10-6-4-3-5-9-17-33(36,37)34(38,39)40/h13-14,21,23,27-31,42-43H,3-12,15-20,22H2,1-2H3/t23-,27+,28+,29+,30+,31+,32+,41?/m1/s1. The van der Waals surface area contributed by atoms with Crippen LogP contribution in [0.4, 0.5) is 26.3 Å². The maximum Gasteiger partial charge on any atom is 0.453 e. The number of rotatable bonds is 15. The molecule has 0 spiro atoms. The summed E-state index contributed by atoms with van der Waals surface area (Å²) in [5.74, 6) is -3.96. The molecule has 10 heteroatoms. The Balaban J connectivity index is 1.19. The fourth-order valence-corrected chi connectivity index (χ4v) is 8.82. The Kier molecular flexibility index (Phi) is 11.3. The zero-order valence-corrected chi connectivity index (χ0v) is 26.2. The molecule has 0 radical (unpaired) electrons. The van der Waals surface area contributed by atoms with Crippen LogP contribution in [0.1, 0.15) is 114 Å². The third-order valence-corrected chi connectivity index (χ3v) is 11.3. The summed E-state index contributed by atoms with van der Waals surface area (Å²) in [7, 11) is 1.66. The van der Waals surface area contributed by atoms with Gasteiger partial charge in [0.2, 0.25) is 0 Å². The van der Waals surface area contributed by atoms with Gasteiger partial charge in [-0.15, -0.1) is 0 Å². The highest BCUT2D eigenvalue weighted by Gasteiger charge is 2.60. The van der Waals surface area contributed by atoms with Crippen LogP contribution >= 0.6 is 0 Å². The molecule has 2 N–H and O–H groups in total. The van der Waals surface area contributed by atoms with Crippen LogP contribution < -0.4 is 0 Å². The lowest BCUT2D eigenvalue weighted by atomic mass is 9.51. The van der Waals surface area contributed by atoms with E-state index in [1.807, 2.05) is 6.07 Å². The Hall–Kier alpha value is -1.52. The van der Waals surface area contributed by atoms with Crippen molar-refractivity contribution < 1.29 is 41.2 Å². The Morgan fingerprint density at radius 2 is 1.55 bits per heavy atom. The zero-order chi connectivity index (χ0) is 32.3. The van der Waals surface area contributed by atoms with Crippen LogP contribution in [0.25, 0.3) is 0 Å². The Labute approximate surface area is 258 Å². The van der Waals surface area contributed by atoms with Crippen LogP contribution in [-0.2, 0) is 6.42 Å². The molecule has 2 fully saturated rings. The maximum absolute atomic E-state index is 15.9. The van der Waals surface area contributed by atoms with Crippen LogP contribution in [0.3, 0.4) is 0 Å². The minimum absolute atomic E-state index is 0.152. The minimum Gasteiger partial charge on any atom is -0.633 e. The summed E-state index contributed by atoms with van der Waals surface area (Å²) >= 11 is 0. The number of halogens is 6. The van der Waals surface area contributed by atoms with E-state index >= 15 is 4.39 Å². The van der Waals surface area contributed by atoms with Crippen LogP contribution in [0.5, 0.6) is 5.75 Å². The number of hydrogen-bond acceptors (Lipinski definition) is 3. The molecular weight excluding hydrogens is 584 g/mol. The van der Waals surface area contributed by atoms with Gasteiger partial charge < -0.3 is 20.1 Å². The van der Waals surface area contributed by atoms with E-state index in [9.17, 15) is 37.4 Å². The molecule has 1 unspecified atom stereocenters. The summed E-state index contributed by atoms with van der Waals surface area (Å²) in [6.07, 6.45) is 0.995. The normalized spacial score (nSPS) is 31.7. The van der Waals surface area contributed by atoms with Crippen LogP contribution in [0.15, 0.2) is 18.2 Å². The first-order chi connectivity index (χ1) is 20.6. The molecule has 2 saturated carbocycles. The zero-order valence-electron chi connectivity index (χ0n) is 26.2. The molecule has 3 aliphatic carbocycles. The molecule has 1 aromatic rings. The van der Waals surface area contributed by atoms with E-state index in [4.69, 9.17) is 0 Å². The molecule has 3 aliphatic rings. The average Bonchev–Trinajstić information content (AvgIpc) is 3.22. The van der Waals surface area contributed by atoms with Gasteiger partial charge in [-0.2, -0.15) is 22.0 Å². The molecule has 8 atom stereocenters. The van der Waals surface area contributed by atoms with E-state index in [0.29, 0.717) is 51.6 Å². The van der Waals surface area contributed by atoms with E-state index in [0.717, 1.165) is 56.1 Å². The van der Waals surface area contributed by atoms with E-state index in [-0.39, 0.29) is 40.5 Å². The monoisotopic (exact) mass is 635 g/mol. The van der Waals surface area contributed by atoms with Crippen molar-refractivity contribution >= 4 is 0 Å². The van der Waals surface area contributed by atoms with Crippen molar-refractivity contribution in [3.8, 4) is 5.75 Å². The number of nitrogens with zero attached hydrogens (tertiary/aromatic N) is 1. The Morgan fingerprint density at radius 1 is 0.932 bits per heavy atom. The lowest BCUT2D eigenvalue weighted by Gasteiger charge is -2.54. The van der Waals surface area contributed by atoms with Crippen molar-refractivity contribution in [3.63, 3.8) is 0 Å². The molecule has 0 aromatic heterocycles. The summed E-state index contributed by atoms with van der Waals surface area (Å²) in [5, 5.41) is 33.9. The minimum atomic E-state index is -5.49. The molecule has 252 valence electrons. The van der Waals surface area contributed by atoms with Crippen LogP contribution in [0.2, 0.25) is 0 Å². The number of aromatic hydroxyl groups is 1. The van der Waals surface area contributed by atoms with Gasteiger partial charge in [-0.1, -0.05) is 38.7 Å².